The highest BCUT2D eigenvalue weighted by molar-refractivity contribution is 6.02. The molecule has 0 saturated carbocycles. The summed E-state index contributed by atoms with van der Waals surface area (Å²) in [7, 11) is 1.55. The van der Waals surface area contributed by atoms with Crippen LogP contribution in [0.15, 0.2) is 54.6 Å². The van der Waals surface area contributed by atoms with Gasteiger partial charge in [0, 0.05) is 11.4 Å². The summed E-state index contributed by atoms with van der Waals surface area (Å²) in [6.45, 7) is 4.16. The Morgan fingerprint density at radius 3 is 2.20 bits per heavy atom. The lowest BCUT2D eigenvalue weighted by molar-refractivity contribution is -0.124. The summed E-state index contributed by atoms with van der Waals surface area (Å²) in [5, 5.41) is 7.72. The van der Waals surface area contributed by atoms with Crippen molar-refractivity contribution in [3.63, 3.8) is 0 Å². The largest absolute Gasteiger partial charge is 0.497 e. The molecule has 4 amide bonds. The third-order valence-corrected chi connectivity index (χ3v) is 4.43. The third-order valence-electron chi connectivity index (χ3n) is 4.43. The van der Waals surface area contributed by atoms with Crippen LogP contribution in [0.5, 0.6) is 5.75 Å². The van der Waals surface area contributed by atoms with Gasteiger partial charge in [-0.25, -0.2) is 4.79 Å². The Bertz CT molecular complexity index is 840. The lowest BCUT2D eigenvalue weighted by atomic mass is 10.2. The van der Waals surface area contributed by atoms with Gasteiger partial charge >= 0.3 is 6.03 Å². The molecule has 0 fully saturated rings. The van der Waals surface area contributed by atoms with Crippen molar-refractivity contribution < 1.29 is 19.1 Å². The van der Waals surface area contributed by atoms with Crippen LogP contribution in [0.3, 0.4) is 0 Å². The summed E-state index contributed by atoms with van der Waals surface area (Å²) in [6, 6.07) is 14.7. The van der Waals surface area contributed by atoms with E-state index in [4.69, 9.17) is 4.74 Å². The molecule has 0 spiro atoms. The fourth-order valence-corrected chi connectivity index (χ4v) is 2.82. The molecule has 0 bridgehead atoms. The first-order chi connectivity index (χ1) is 14.4. The number of rotatable bonds is 9. The first kappa shape index (κ1) is 22.9. The molecular formula is C22H28N4O4. The van der Waals surface area contributed by atoms with Gasteiger partial charge in [0.15, 0.2) is 0 Å². The van der Waals surface area contributed by atoms with Gasteiger partial charge in [-0.1, -0.05) is 25.1 Å². The highest BCUT2D eigenvalue weighted by Crippen LogP contribution is 2.14. The predicted octanol–water partition coefficient (Wildman–Crippen LogP) is 3.08. The Morgan fingerprint density at radius 1 is 0.967 bits per heavy atom. The van der Waals surface area contributed by atoms with Gasteiger partial charge in [-0.2, -0.15) is 0 Å². The Balaban J connectivity index is 1.89. The minimum absolute atomic E-state index is 0.0761. The van der Waals surface area contributed by atoms with Gasteiger partial charge in [-0.3, -0.25) is 19.8 Å². The van der Waals surface area contributed by atoms with Gasteiger partial charge in [-0.15, -0.1) is 0 Å². The van der Waals surface area contributed by atoms with Crippen molar-refractivity contribution in [2.24, 2.45) is 0 Å². The number of para-hydroxylation sites is 1. The monoisotopic (exact) mass is 412 g/mol. The number of nitrogens with one attached hydrogen (secondary N) is 3. The number of hydrogen-bond donors (Lipinski definition) is 3. The summed E-state index contributed by atoms with van der Waals surface area (Å²) in [5.74, 6) is -0.0473. The maximum absolute atomic E-state index is 12.6. The van der Waals surface area contributed by atoms with E-state index in [-0.39, 0.29) is 12.5 Å². The molecule has 3 N–H and O–H groups in total. The van der Waals surface area contributed by atoms with E-state index in [1.54, 1.807) is 55.3 Å². The number of ether oxygens (including phenoxy) is 1. The molecule has 8 heteroatoms. The van der Waals surface area contributed by atoms with Gasteiger partial charge in [0.2, 0.25) is 11.8 Å². The van der Waals surface area contributed by atoms with Crippen LogP contribution in [0.25, 0.3) is 0 Å². The van der Waals surface area contributed by atoms with E-state index in [2.05, 4.69) is 16.0 Å². The highest BCUT2D eigenvalue weighted by Gasteiger charge is 2.23. The van der Waals surface area contributed by atoms with Gasteiger partial charge in [-0.05, 0) is 56.3 Å². The minimum Gasteiger partial charge on any atom is -0.497 e. The van der Waals surface area contributed by atoms with Gasteiger partial charge in [0.1, 0.15) is 5.75 Å². The molecule has 1 atom stereocenters. The van der Waals surface area contributed by atoms with E-state index in [1.807, 2.05) is 25.1 Å². The van der Waals surface area contributed by atoms with Crippen LogP contribution in [0.1, 0.15) is 20.3 Å². The van der Waals surface area contributed by atoms with Crippen molar-refractivity contribution in [1.82, 2.24) is 10.2 Å². The number of hydrogen-bond acceptors (Lipinski definition) is 5. The van der Waals surface area contributed by atoms with Gasteiger partial charge < -0.3 is 15.4 Å². The molecule has 0 saturated heterocycles. The number of carbonyl (C=O) groups excluding carboxylic acids is 3. The van der Waals surface area contributed by atoms with Crippen LogP contribution in [-0.2, 0) is 9.59 Å². The smallest absolute Gasteiger partial charge is 0.325 e. The molecule has 0 aromatic heterocycles. The summed E-state index contributed by atoms with van der Waals surface area (Å²) >= 11 is 0. The molecule has 0 aliphatic rings. The lowest BCUT2D eigenvalue weighted by Crippen LogP contribution is -2.48. The summed E-state index contributed by atoms with van der Waals surface area (Å²) < 4.78 is 5.06. The van der Waals surface area contributed by atoms with Crippen molar-refractivity contribution in [1.29, 1.82) is 0 Å². The topological polar surface area (TPSA) is 99.8 Å². The van der Waals surface area contributed by atoms with Crippen molar-refractivity contribution in [2.45, 2.75) is 26.3 Å². The number of methoxy groups -OCH3 is 1. The van der Waals surface area contributed by atoms with Crippen LogP contribution in [0, 0.1) is 0 Å². The van der Waals surface area contributed by atoms with E-state index in [0.29, 0.717) is 23.7 Å². The number of anilines is 2. The maximum atomic E-state index is 12.6. The van der Waals surface area contributed by atoms with Gasteiger partial charge in [0.25, 0.3) is 0 Å². The molecular weight excluding hydrogens is 384 g/mol. The van der Waals surface area contributed by atoms with E-state index in [9.17, 15) is 14.4 Å². The maximum Gasteiger partial charge on any atom is 0.325 e. The average Bonchev–Trinajstić information content (AvgIpc) is 2.74. The molecule has 0 aliphatic heterocycles. The quantitative estimate of drug-likeness (QED) is 0.588. The predicted molar refractivity (Wildman–Crippen MR) is 117 cm³/mol. The van der Waals surface area contributed by atoms with Crippen molar-refractivity contribution in [2.75, 3.05) is 30.8 Å². The molecule has 0 radical (unpaired) electrons. The van der Waals surface area contributed by atoms with E-state index < -0.39 is 18.0 Å². The Morgan fingerprint density at radius 2 is 1.60 bits per heavy atom. The van der Waals surface area contributed by atoms with E-state index >= 15 is 0 Å². The molecule has 2 aromatic rings. The first-order valence-corrected chi connectivity index (χ1v) is 9.77. The number of nitrogens with zero attached hydrogens (tertiary/aromatic N) is 1. The zero-order valence-corrected chi connectivity index (χ0v) is 17.5. The van der Waals surface area contributed by atoms with Gasteiger partial charge in [0.05, 0.1) is 19.7 Å². The second-order valence-electron chi connectivity index (χ2n) is 6.73. The first-order valence-electron chi connectivity index (χ1n) is 9.77. The normalized spacial score (nSPS) is 11.5. The van der Waals surface area contributed by atoms with Crippen LogP contribution in [0.2, 0.25) is 0 Å². The van der Waals surface area contributed by atoms with Crippen LogP contribution >= 0.6 is 0 Å². The summed E-state index contributed by atoms with van der Waals surface area (Å²) in [6.07, 6.45) is 0.758. The number of benzene rings is 2. The average molecular weight is 412 g/mol. The number of amides is 4. The molecule has 1 unspecified atom stereocenters. The third kappa shape index (κ3) is 7.21. The molecule has 0 heterocycles. The van der Waals surface area contributed by atoms with Crippen LogP contribution < -0.4 is 20.7 Å². The fourth-order valence-electron chi connectivity index (χ4n) is 2.82. The Hall–Kier alpha value is -3.39. The minimum atomic E-state index is -0.636. The number of imide groups is 1. The molecule has 2 rings (SSSR count). The summed E-state index contributed by atoms with van der Waals surface area (Å²) in [5.41, 5.74) is 1.22. The fraction of sp³-hybridized carbons (Fsp3) is 0.318. The zero-order valence-electron chi connectivity index (χ0n) is 17.5. The van der Waals surface area contributed by atoms with E-state index in [0.717, 1.165) is 6.42 Å². The van der Waals surface area contributed by atoms with E-state index in [1.165, 1.54) is 0 Å². The Labute approximate surface area is 176 Å². The van der Waals surface area contributed by atoms with Crippen molar-refractivity contribution in [3.8, 4) is 5.75 Å². The Kier molecular flexibility index (Phi) is 8.83. The number of urea groups is 1. The molecule has 30 heavy (non-hydrogen) atoms. The SMILES string of the molecule is CCCN(CC(=O)NC(=O)Nc1ccc(OC)cc1)C(C)C(=O)Nc1ccccc1. The lowest BCUT2D eigenvalue weighted by Gasteiger charge is -2.27. The van der Waals surface area contributed by atoms with Crippen molar-refractivity contribution in [3.05, 3.63) is 54.6 Å². The second kappa shape index (κ2) is 11.6. The highest BCUT2D eigenvalue weighted by atomic mass is 16.5. The van der Waals surface area contributed by atoms with Crippen molar-refractivity contribution >= 4 is 29.2 Å². The molecule has 2 aromatic carbocycles. The zero-order chi connectivity index (χ0) is 21.9. The molecule has 160 valence electrons. The standard InChI is InChI=1S/C22H28N4O4/c1-4-14-26(16(2)21(28)23-17-8-6-5-7-9-17)15-20(27)25-22(29)24-18-10-12-19(30-3)13-11-18/h5-13,16H,4,14-15H2,1-3H3,(H,23,28)(H2,24,25,27,29). The van der Waals surface area contributed by atoms with Crippen LogP contribution in [0.4, 0.5) is 16.2 Å². The molecule has 8 nitrogen and oxygen atoms in total. The second-order valence-corrected chi connectivity index (χ2v) is 6.73. The molecule has 0 aliphatic carbocycles. The number of carbonyl (C=O) groups is 3. The van der Waals surface area contributed by atoms with Crippen LogP contribution in [-0.4, -0.2) is 49.0 Å². The summed E-state index contributed by atoms with van der Waals surface area (Å²) in [4.78, 5) is 38.7.